The molecule has 1 aromatic heterocycles. The Bertz CT molecular complexity index is 394. The van der Waals surface area contributed by atoms with Gasteiger partial charge in [0.1, 0.15) is 0 Å². The van der Waals surface area contributed by atoms with Gasteiger partial charge in [-0.2, -0.15) is 0 Å². The van der Waals surface area contributed by atoms with E-state index >= 15 is 0 Å². The van der Waals surface area contributed by atoms with Crippen molar-refractivity contribution in [1.82, 2.24) is 9.47 Å². The van der Waals surface area contributed by atoms with Crippen molar-refractivity contribution in [2.45, 2.75) is 38.3 Å². The second-order valence-corrected chi connectivity index (χ2v) is 5.12. The maximum absolute atomic E-state index is 5.74. The molecule has 2 aliphatic heterocycles. The van der Waals surface area contributed by atoms with Crippen LogP contribution in [0.15, 0.2) is 6.07 Å². The number of aromatic nitrogens is 1. The summed E-state index contributed by atoms with van der Waals surface area (Å²) in [5.41, 5.74) is 10.5. The number of rotatable bonds is 2. The molecule has 1 aromatic rings. The minimum atomic E-state index is 0.562. The fourth-order valence-electron chi connectivity index (χ4n) is 3.35. The highest BCUT2D eigenvalue weighted by atomic mass is 15.2. The summed E-state index contributed by atoms with van der Waals surface area (Å²) in [5.74, 6) is 0. The van der Waals surface area contributed by atoms with Crippen LogP contribution in [0, 0.1) is 0 Å². The molecule has 0 amide bonds. The highest BCUT2D eigenvalue weighted by Crippen LogP contribution is 2.35. The Hall–Kier alpha value is -0.800. The first-order chi connectivity index (χ1) is 7.81. The molecule has 3 heterocycles. The zero-order valence-electron chi connectivity index (χ0n) is 10.1. The first kappa shape index (κ1) is 10.4. The summed E-state index contributed by atoms with van der Waals surface area (Å²) in [6.45, 7) is 3.21. The van der Waals surface area contributed by atoms with Crippen LogP contribution in [0.3, 0.4) is 0 Å². The maximum atomic E-state index is 5.74. The number of fused-ring (bicyclic) bond motifs is 3. The van der Waals surface area contributed by atoms with Crippen LogP contribution in [-0.2, 0) is 19.4 Å². The zero-order valence-corrected chi connectivity index (χ0v) is 10.1. The summed E-state index contributed by atoms with van der Waals surface area (Å²) < 4.78 is 2.56. The molecule has 3 heteroatoms. The van der Waals surface area contributed by atoms with Crippen molar-refractivity contribution >= 4 is 0 Å². The van der Waals surface area contributed by atoms with Gasteiger partial charge in [-0.1, -0.05) is 0 Å². The van der Waals surface area contributed by atoms with Crippen LogP contribution in [-0.4, -0.2) is 29.6 Å². The Morgan fingerprint density at radius 2 is 2.25 bits per heavy atom. The average Bonchev–Trinajstić information content (AvgIpc) is 2.82. The quantitative estimate of drug-likeness (QED) is 0.814. The van der Waals surface area contributed by atoms with E-state index in [0.717, 1.165) is 13.0 Å². The Morgan fingerprint density at radius 1 is 1.38 bits per heavy atom. The van der Waals surface area contributed by atoms with Gasteiger partial charge in [0.15, 0.2) is 0 Å². The van der Waals surface area contributed by atoms with Crippen LogP contribution in [0.4, 0.5) is 0 Å². The first-order valence-electron chi connectivity index (χ1n) is 6.42. The molecule has 3 nitrogen and oxygen atoms in total. The van der Waals surface area contributed by atoms with Gasteiger partial charge in [0.05, 0.1) is 0 Å². The van der Waals surface area contributed by atoms with Gasteiger partial charge in [-0.3, -0.25) is 4.90 Å². The van der Waals surface area contributed by atoms with Crippen molar-refractivity contribution in [1.29, 1.82) is 0 Å². The lowest BCUT2D eigenvalue weighted by Crippen LogP contribution is -2.33. The summed E-state index contributed by atoms with van der Waals surface area (Å²) >= 11 is 0. The van der Waals surface area contributed by atoms with Crippen molar-refractivity contribution < 1.29 is 0 Å². The molecule has 0 saturated carbocycles. The zero-order chi connectivity index (χ0) is 11.1. The summed E-state index contributed by atoms with van der Waals surface area (Å²) in [4.78, 5) is 2.46. The fourth-order valence-corrected chi connectivity index (χ4v) is 3.35. The summed E-state index contributed by atoms with van der Waals surface area (Å²) in [6, 6.07) is 3.00. The van der Waals surface area contributed by atoms with E-state index in [1.54, 1.807) is 17.0 Å². The normalized spacial score (nSPS) is 24.5. The lowest BCUT2D eigenvalue weighted by Gasteiger charge is -2.33. The van der Waals surface area contributed by atoms with Gasteiger partial charge >= 0.3 is 0 Å². The van der Waals surface area contributed by atoms with E-state index in [0.29, 0.717) is 6.04 Å². The largest absolute Gasteiger partial charge is 0.348 e. The van der Waals surface area contributed by atoms with Gasteiger partial charge in [0.25, 0.3) is 0 Å². The molecule has 0 saturated heterocycles. The van der Waals surface area contributed by atoms with E-state index in [4.69, 9.17) is 5.73 Å². The van der Waals surface area contributed by atoms with Crippen molar-refractivity contribution in [2.75, 3.05) is 20.1 Å². The Morgan fingerprint density at radius 3 is 3.06 bits per heavy atom. The number of hydrogen-bond donors (Lipinski definition) is 1. The summed E-state index contributed by atoms with van der Waals surface area (Å²) in [6.07, 6.45) is 4.91. The number of aryl methyl sites for hydroxylation is 1. The van der Waals surface area contributed by atoms with Crippen LogP contribution in [0.1, 0.15) is 35.8 Å². The molecule has 0 bridgehead atoms. The highest BCUT2D eigenvalue weighted by Gasteiger charge is 2.29. The molecular formula is C13H21N3. The van der Waals surface area contributed by atoms with Crippen LogP contribution in [0.5, 0.6) is 0 Å². The molecule has 1 atom stereocenters. The minimum absolute atomic E-state index is 0.562. The topological polar surface area (TPSA) is 34.2 Å². The van der Waals surface area contributed by atoms with Gasteiger partial charge in [0.2, 0.25) is 0 Å². The van der Waals surface area contributed by atoms with Gasteiger partial charge in [-0.15, -0.1) is 0 Å². The Balaban J connectivity index is 2.00. The minimum Gasteiger partial charge on any atom is -0.348 e. The average molecular weight is 219 g/mol. The van der Waals surface area contributed by atoms with Crippen molar-refractivity contribution in [3.63, 3.8) is 0 Å². The van der Waals surface area contributed by atoms with Gasteiger partial charge < -0.3 is 10.3 Å². The SMILES string of the molecule is CN1CCc2c(cc3n2CCC3)C1CCN. The predicted molar refractivity (Wildman–Crippen MR) is 65.5 cm³/mol. The monoisotopic (exact) mass is 219 g/mol. The molecule has 0 aliphatic carbocycles. The molecule has 2 N–H and O–H groups in total. The number of likely N-dealkylation sites (N-methyl/N-ethyl adjacent to an activating group) is 1. The number of nitrogens with two attached hydrogens (primary N) is 1. The molecule has 0 spiro atoms. The van der Waals surface area contributed by atoms with E-state index in [1.807, 2.05) is 0 Å². The van der Waals surface area contributed by atoms with Crippen molar-refractivity contribution in [2.24, 2.45) is 5.73 Å². The van der Waals surface area contributed by atoms with Crippen molar-refractivity contribution in [3.8, 4) is 0 Å². The van der Waals surface area contributed by atoms with Crippen molar-refractivity contribution in [3.05, 3.63) is 23.0 Å². The first-order valence-corrected chi connectivity index (χ1v) is 6.42. The van der Waals surface area contributed by atoms with Gasteiger partial charge in [-0.25, -0.2) is 0 Å². The molecule has 2 aliphatic rings. The molecule has 3 rings (SSSR count). The second kappa shape index (κ2) is 3.90. The third kappa shape index (κ3) is 1.42. The smallest absolute Gasteiger partial charge is 0.0375 e. The van der Waals surface area contributed by atoms with Crippen LogP contribution in [0.25, 0.3) is 0 Å². The molecule has 0 fully saturated rings. The number of nitrogens with zero attached hydrogens (tertiary/aromatic N) is 2. The third-order valence-electron chi connectivity index (χ3n) is 4.17. The van der Waals surface area contributed by atoms with Gasteiger partial charge in [-0.05, 0) is 44.5 Å². The molecule has 16 heavy (non-hydrogen) atoms. The van der Waals surface area contributed by atoms with Crippen LogP contribution in [0.2, 0.25) is 0 Å². The third-order valence-corrected chi connectivity index (χ3v) is 4.17. The van der Waals surface area contributed by atoms with E-state index in [9.17, 15) is 0 Å². The van der Waals surface area contributed by atoms with E-state index in [2.05, 4.69) is 22.6 Å². The van der Waals surface area contributed by atoms with Crippen LogP contribution >= 0.6 is 0 Å². The second-order valence-electron chi connectivity index (χ2n) is 5.12. The Kier molecular flexibility index (Phi) is 2.52. The Labute approximate surface area is 97.2 Å². The molecular weight excluding hydrogens is 198 g/mol. The van der Waals surface area contributed by atoms with E-state index < -0.39 is 0 Å². The van der Waals surface area contributed by atoms with E-state index in [1.165, 1.54) is 32.4 Å². The molecule has 0 radical (unpaired) electrons. The number of hydrogen-bond acceptors (Lipinski definition) is 2. The standard InChI is InChI=1S/C13H21N3/c1-15-8-5-13-11(12(15)4-6-14)9-10-3-2-7-16(10)13/h9,12H,2-8,14H2,1H3. The lowest BCUT2D eigenvalue weighted by molar-refractivity contribution is 0.219. The lowest BCUT2D eigenvalue weighted by atomic mass is 9.96. The molecule has 1 unspecified atom stereocenters. The van der Waals surface area contributed by atoms with Crippen LogP contribution < -0.4 is 5.73 Å². The summed E-state index contributed by atoms with van der Waals surface area (Å²) in [5, 5.41) is 0. The predicted octanol–water partition coefficient (Wildman–Crippen LogP) is 1.31. The molecule has 0 aromatic carbocycles. The maximum Gasteiger partial charge on any atom is 0.0375 e. The molecule has 88 valence electrons. The fraction of sp³-hybridized carbons (Fsp3) is 0.692. The van der Waals surface area contributed by atoms with E-state index in [-0.39, 0.29) is 0 Å². The summed E-state index contributed by atoms with van der Waals surface area (Å²) in [7, 11) is 2.23. The van der Waals surface area contributed by atoms with Gasteiger partial charge in [0, 0.05) is 36.9 Å². The highest BCUT2D eigenvalue weighted by molar-refractivity contribution is 5.35.